The van der Waals surface area contributed by atoms with Gasteiger partial charge in [-0.1, -0.05) is 65.7 Å². The number of nitrogens with zero attached hydrogens (tertiary/aromatic N) is 2. The Labute approximate surface area is 204 Å². The van der Waals surface area contributed by atoms with Gasteiger partial charge in [-0.15, -0.1) is 0 Å². The molecule has 0 radical (unpaired) electrons. The van der Waals surface area contributed by atoms with Gasteiger partial charge < -0.3 is 10.1 Å². The number of hydrogen-bond acceptors (Lipinski definition) is 6. The van der Waals surface area contributed by atoms with Gasteiger partial charge in [0.25, 0.3) is 17.7 Å². The summed E-state index contributed by atoms with van der Waals surface area (Å²) in [6, 6.07) is 15.3. The summed E-state index contributed by atoms with van der Waals surface area (Å²) in [7, 11) is 0. The van der Waals surface area contributed by atoms with Gasteiger partial charge in [-0.05, 0) is 23.8 Å². The third kappa shape index (κ3) is 4.93. The number of carbonyl (C=O) groups is 4. The molecule has 0 unspecified atom stereocenters. The maximum absolute atomic E-state index is 13.0. The summed E-state index contributed by atoms with van der Waals surface area (Å²) in [5, 5.41) is 2.82. The number of benzene rings is 2. The summed E-state index contributed by atoms with van der Waals surface area (Å²) in [5.74, 6) is -2.75. The first kappa shape index (κ1) is 23.4. The standard InChI is InChI=1S/C24H17Cl2N3O5/c25-15-11-18(26)21(27-12-15)28-20(30)13-34-24(33)19(10-14-6-2-1-3-7-14)29-22(31)16-8-4-5-9-17(16)23(29)32/h1-9,11-12,19H,10,13H2,(H,27,28,30)/t19-/m0/s1. The maximum Gasteiger partial charge on any atom is 0.330 e. The molecule has 0 saturated heterocycles. The molecular weight excluding hydrogens is 481 g/mol. The number of amides is 3. The minimum absolute atomic E-state index is 0.0251. The van der Waals surface area contributed by atoms with Crippen molar-refractivity contribution in [2.75, 3.05) is 11.9 Å². The molecule has 2 aromatic carbocycles. The zero-order chi connectivity index (χ0) is 24.2. The SMILES string of the molecule is O=C(COC(=O)[C@H](Cc1ccccc1)N1C(=O)c2ccccc2C1=O)Nc1ncc(Cl)cc1Cl. The number of halogens is 2. The zero-order valence-electron chi connectivity index (χ0n) is 17.5. The molecule has 0 spiro atoms. The lowest BCUT2D eigenvalue weighted by molar-refractivity contribution is -0.151. The summed E-state index contributed by atoms with van der Waals surface area (Å²) in [6.45, 7) is -0.673. The summed E-state index contributed by atoms with van der Waals surface area (Å²) in [6.07, 6.45) is 1.32. The number of imide groups is 1. The molecule has 4 rings (SSSR count). The molecule has 8 nitrogen and oxygen atoms in total. The van der Waals surface area contributed by atoms with Crippen molar-refractivity contribution in [3.63, 3.8) is 0 Å². The third-order valence-corrected chi connectivity index (χ3v) is 5.59. The lowest BCUT2D eigenvalue weighted by atomic mass is 10.0. The Balaban J connectivity index is 1.51. The van der Waals surface area contributed by atoms with Crippen LogP contribution in [-0.4, -0.2) is 46.2 Å². The van der Waals surface area contributed by atoms with Crippen LogP contribution in [0.3, 0.4) is 0 Å². The van der Waals surface area contributed by atoms with Gasteiger partial charge in [0.15, 0.2) is 12.4 Å². The first-order valence-electron chi connectivity index (χ1n) is 10.1. The van der Waals surface area contributed by atoms with Crippen molar-refractivity contribution in [1.82, 2.24) is 9.88 Å². The number of nitrogens with one attached hydrogen (secondary N) is 1. The molecule has 0 saturated carbocycles. The van der Waals surface area contributed by atoms with Crippen molar-refractivity contribution >= 4 is 52.7 Å². The van der Waals surface area contributed by atoms with Crippen LogP contribution in [0.1, 0.15) is 26.3 Å². The lowest BCUT2D eigenvalue weighted by Gasteiger charge is -2.24. The van der Waals surface area contributed by atoms with Gasteiger partial charge >= 0.3 is 5.97 Å². The van der Waals surface area contributed by atoms with Gasteiger partial charge in [0.2, 0.25) is 0 Å². The normalized spacial score (nSPS) is 13.4. The molecule has 34 heavy (non-hydrogen) atoms. The van der Waals surface area contributed by atoms with Crippen LogP contribution >= 0.6 is 23.2 Å². The minimum Gasteiger partial charge on any atom is -0.454 e. The molecule has 3 aromatic rings. The molecular formula is C24H17Cl2N3O5. The van der Waals surface area contributed by atoms with Crippen molar-refractivity contribution in [2.24, 2.45) is 0 Å². The fourth-order valence-electron chi connectivity index (χ4n) is 3.52. The molecule has 3 amide bonds. The van der Waals surface area contributed by atoms with Gasteiger partial charge in [-0.3, -0.25) is 19.3 Å². The fraction of sp³-hybridized carbons (Fsp3) is 0.125. The Morgan fingerprint density at radius 3 is 2.21 bits per heavy atom. The van der Waals surface area contributed by atoms with E-state index >= 15 is 0 Å². The summed E-state index contributed by atoms with van der Waals surface area (Å²) >= 11 is 11.8. The highest BCUT2D eigenvalue weighted by Crippen LogP contribution is 2.27. The second-order valence-corrected chi connectivity index (χ2v) is 8.21. The first-order valence-corrected chi connectivity index (χ1v) is 10.9. The number of fused-ring (bicyclic) bond motifs is 1. The number of carbonyl (C=O) groups excluding carboxylic acids is 4. The number of pyridine rings is 1. The molecule has 1 N–H and O–H groups in total. The number of ether oxygens (including phenoxy) is 1. The highest BCUT2D eigenvalue weighted by molar-refractivity contribution is 6.36. The number of esters is 1. The highest BCUT2D eigenvalue weighted by Gasteiger charge is 2.43. The van der Waals surface area contributed by atoms with E-state index < -0.39 is 36.3 Å². The second-order valence-electron chi connectivity index (χ2n) is 7.37. The predicted octanol–water partition coefficient (Wildman–Crippen LogP) is 3.78. The monoisotopic (exact) mass is 497 g/mol. The molecule has 0 bridgehead atoms. The van der Waals surface area contributed by atoms with Crippen molar-refractivity contribution < 1.29 is 23.9 Å². The Morgan fingerprint density at radius 1 is 0.971 bits per heavy atom. The molecule has 10 heteroatoms. The summed E-state index contributed by atoms with van der Waals surface area (Å²) in [4.78, 5) is 56.1. The Hall–Kier alpha value is -3.75. The van der Waals surface area contributed by atoms with Crippen LogP contribution in [0, 0.1) is 0 Å². The van der Waals surface area contributed by atoms with Crippen molar-refractivity contribution in [3.05, 3.63) is 93.6 Å². The van der Waals surface area contributed by atoms with Crippen molar-refractivity contribution in [3.8, 4) is 0 Å². The highest BCUT2D eigenvalue weighted by atomic mass is 35.5. The molecule has 172 valence electrons. The summed E-state index contributed by atoms with van der Waals surface area (Å²) in [5.41, 5.74) is 1.13. The van der Waals surface area contributed by atoms with Gasteiger partial charge in [-0.25, -0.2) is 9.78 Å². The Bertz CT molecular complexity index is 1250. The van der Waals surface area contributed by atoms with Gasteiger partial charge in [0.05, 0.1) is 21.2 Å². The first-order chi connectivity index (χ1) is 16.3. The van der Waals surface area contributed by atoms with Crippen molar-refractivity contribution in [2.45, 2.75) is 12.5 Å². The van der Waals surface area contributed by atoms with E-state index in [0.29, 0.717) is 10.6 Å². The topological polar surface area (TPSA) is 106 Å². The molecule has 1 aliphatic heterocycles. The van der Waals surface area contributed by atoms with E-state index in [9.17, 15) is 19.2 Å². The molecule has 1 aliphatic rings. The molecule has 0 fully saturated rings. The van der Waals surface area contributed by atoms with Crippen molar-refractivity contribution in [1.29, 1.82) is 0 Å². The Kier molecular flexibility index (Phi) is 6.90. The van der Waals surface area contributed by atoms with E-state index in [1.807, 2.05) is 0 Å². The number of hydrogen-bond donors (Lipinski definition) is 1. The third-order valence-electron chi connectivity index (χ3n) is 5.09. The minimum atomic E-state index is -1.26. The smallest absolute Gasteiger partial charge is 0.330 e. The lowest BCUT2D eigenvalue weighted by Crippen LogP contribution is -2.47. The van der Waals surface area contributed by atoms with Crippen LogP contribution in [0.2, 0.25) is 10.0 Å². The zero-order valence-corrected chi connectivity index (χ0v) is 19.0. The van der Waals surface area contributed by atoms with Gasteiger partial charge in [0.1, 0.15) is 6.04 Å². The van der Waals surface area contributed by atoms with Gasteiger partial charge in [0, 0.05) is 12.6 Å². The maximum atomic E-state index is 13.0. The second kappa shape index (κ2) is 10.0. The van der Waals surface area contributed by atoms with Crippen LogP contribution in [-0.2, 0) is 20.7 Å². The molecule has 2 heterocycles. The fourth-order valence-corrected chi connectivity index (χ4v) is 3.94. The van der Waals surface area contributed by atoms with E-state index in [-0.39, 0.29) is 28.4 Å². The van der Waals surface area contributed by atoms with Crippen LogP contribution in [0.25, 0.3) is 0 Å². The number of anilines is 1. The average Bonchev–Trinajstić information content (AvgIpc) is 3.08. The van der Waals surface area contributed by atoms with E-state index in [1.54, 1.807) is 42.5 Å². The van der Waals surface area contributed by atoms with E-state index in [1.165, 1.54) is 24.4 Å². The van der Waals surface area contributed by atoms with Crippen LogP contribution < -0.4 is 5.32 Å². The van der Waals surface area contributed by atoms with E-state index in [2.05, 4.69) is 10.3 Å². The van der Waals surface area contributed by atoms with Crippen LogP contribution in [0.15, 0.2) is 66.9 Å². The molecule has 1 atom stereocenters. The number of rotatable bonds is 7. The quantitative estimate of drug-likeness (QED) is 0.393. The average molecular weight is 498 g/mol. The van der Waals surface area contributed by atoms with Crippen LogP contribution in [0.5, 0.6) is 0 Å². The Morgan fingerprint density at radius 2 is 1.59 bits per heavy atom. The van der Waals surface area contributed by atoms with E-state index in [0.717, 1.165) is 4.90 Å². The summed E-state index contributed by atoms with van der Waals surface area (Å²) < 4.78 is 5.19. The molecule has 0 aliphatic carbocycles. The predicted molar refractivity (Wildman–Crippen MR) is 125 cm³/mol. The van der Waals surface area contributed by atoms with E-state index in [4.69, 9.17) is 27.9 Å². The molecule has 1 aromatic heterocycles. The van der Waals surface area contributed by atoms with Crippen LogP contribution in [0.4, 0.5) is 5.82 Å². The number of aromatic nitrogens is 1. The van der Waals surface area contributed by atoms with Gasteiger partial charge in [-0.2, -0.15) is 0 Å². The largest absolute Gasteiger partial charge is 0.454 e.